The summed E-state index contributed by atoms with van der Waals surface area (Å²) >= 11 is 0. The van der Waals surface area contributed by atoms with Crippen molar-refractivity contribution in [1.82, 2.24) is 23.9 Å². The van der Waals surface area contributed by atoms with E-state index in [-0.39, 0.29) is 34.9 Å². The van der Waals surface area contributed by atoms with Gasteiger partial charge in [-0.2, -0.15) is 4.68 Å². The Bertz CT molecular complexity index is 1440. The highest BCUT2D eigenvalue weighted by atomic mass is 19.1. The molecule has 2 aromatic heterocycles. The number of aromatic nitrogens is 5. The Morgan fingerprint density at radius 2 is 1.97 bits per heavy atom. The number of halogens is 1. The van der Waals surface area contributed by atoms with Crippen LogP contribution in [0.4, 0.5) is 4.39 Å². The molecule has 10 heteroatoms. The summed E-state index contributed by atoms with van der Waals surface area (Å²) in [7, 11) is 1.55. The van der Waals surface area contributed by atoms with Crippen LogP contribution in [0.2, 0.25) is 0 Å². The highest BCUT2D eigenvalue weighted by molar-refractivity contribution is 5.89. The molecule has 1 atom stereocenters. The van der Waals surface area contributed by atoms with Gasteiger partial charge in [0.25, 0.3) is 5.91 Å². The van der Waals surface area contributed by atoms with Gasteiger partial charge in [0.1, 0.15) is 11.5 Å². The zero-order chi connectivity index (χ0) is 23.3. The number of carbonyl (C=O) groups is 1. The topological polar surface area (TPSA) is 110 Å². The Kier molecular flexibility index (Phi) is 4.85. The minimum atomic E-state index is -0.715. The van der Waals surface area contributed by atoms with Crippen LogP contribution >= 0.6 is 0 Å². The monoisotopic (exact) mass is 448 g/mol. The molecule has 33 heavy (non-hydrogen) atoms. The fraction of sp³-hybridized carbons (Fsp3) is 0.217. The third-order valence-corrected chi connectivity index (χ3v) is 5.81. The summed E-state index contributed by atoms with van der Waals surface area (Å²) in [6.45, 7) is 1.63. The third kappa shape index (κ3) is 3.39. The highest BCUT2D eigenvalue weighted by Gasteiger charge is 2.29. The van der Waals surface area contributed by atoms with Crippen molar-refractivity contribution >= 4 is 5.91 Å². The van der Waals surface area contributed by atoms with Crippen LogP contribution < -0.4 is 16.2 Å². The van der Waals surface area contributed by atoms with Gasteiger partial charge in [-0.25, -0.2) is 14.2 Å². The number of primary amides is 1. The molecule has 0 spiro atoms. The van der Waals surface area contributed by atoms with E-state index < -0.39 is 11.7 Å². The fourth-order valence-electron chi connectivity index (χ4n) is 4.25. The molecule has 1 aliphatic rings. The molecule has 1 amide bonds. The molecule has 0 radical (unpaired) electrons. The number of rotatable bonds is 5. The summed E-state index contributed by atoms with van der Waals surface area (Å²) in [5.74, 6) is -0.617. The first-order chi connectivity index (χ1) is 15.8. The summed E-state index contributed by atoms with van der Waals surface area (Å²) in [5, 5.41) is 4.44. The van der Waals surface area contributed by atoms with Gasteiger partial charge in [-0.15, -0.1) is 5.10 Å². The molecule has 0 saturated carbocycles. The van der Waals surface area contributed by atoms with Gasteiger partial charge in [-0.1, -0.05) is 30.3 Å². The second kappa shape index (κ2) is 7.73. The minimum Gasteiger partial charge on any atom is -0.436 e. The number of aryl methyl sites for hydroxylation is 2. The van der Waals surface area contributed by atoms with Gasteiger partial charge in [0.05, 0.1) is 11.7 Å². The SMILES string of the molecule is Cc1nc(C(N)=O)n(C)c1Oc1ccc(-n2nc3n(c2=O)[C@H](c2ccccc2)CC3)cc1F. The van der Waals surface area contributed by atoms with Crippen molar-refractivity contribution < 1.29 is 13.9 Å². The maximum absolute atomic E-state index is 14.9. The van der Waals surface area contributed by atoms with Crippen molar-refractivity contribution in [3.63, 3.8) is 0 Å². The molecule has 9 nitrogen and oxygen atoms in total. The maximum Gasteiger partial charge on any atom is 0.351 e. The Hall–Kier alpha value is -4.21. The molecule has 3 heterocycles. The van der Waals surface area contributed by atoms with E-state index in [0.717, 1.165) is 12.0 Å². The van der Waals surface area contributed by atoms with Gasteiger partial charge in [0, 0.05) is 19.5 Å². The van der Waals surface area contributed by atoms with Crippen LogP contribution in [-0.4, -0.2) is 29.8 Å². The van der Waals surface area contributed by atoms with Crippen LogP contribution in [-0.2, 0) is 13.5 Å². The molecule has 0 fully saturated rings. The fourth-order valence-corrected chi connectivity index (χ4v) is 4.25. The Balaban J connectivity index is 1.47. The zero-order valence-corrected chi connectivity index (χ0v) is 18.0. The predicted molar refractivity (Wildman–Crippen MR) is 117 cm³/mol. The van der Waals surface area contributed by atoms with Gasteiger partial charge in [0.15, 0.2) is 11.6 Å². The second-order valence-electron chi connectivity index (χ2n) is 7.91. The molecule has 4 aromatic rings. The highest BCUT2D eigenvalue weighted by Crippen LogP contribution is 2.31. The van der Waals surface area contributed by atoms with Gasteiger partial charge in [-0.3, -0.25) is 13.9 Å². The van der Waals surface area contributed by atoms with Crippen LogP contribution in [0.25, 0.3) is 5.69 Å². The van der Waals surface area contributed by atoms with Crippen LogP contribution in [0.3, 0.4) is 0 Å². The molecule has 0 saturated heterocycles. The predicted octanol–water partition coefficient (Wildman–Crippen LogP) is 2.64. The molecule has 2 aromatic carbocycles. The van der Waals surface area contributed by atoms with E-state index in [9.17, 15) is 14.0 Å². The van der Waals surface area contributed by atoms with Crippen LogP contribution in [0.1, 0.15) is 40.2 Å². The minimum absolute atomic E-state index is 0.00609. The Morgan fingerprint density at radius 3 is 2.64 bits per heavy atom. The summed E-state index contributed by atoms with van der Waals surface area (Å²) < 4.78 is 24.8. The first kappa shape index (κ1) is 20.7. The number of hydrogen-bond acceptors (Lipinski definition) is 5. The Labute approximate surface area is 187 Å². The number of nitrogens with two attached hydrogens (primary N) is 1. The first-order valence-electron chi connectivity index (χ1n) is 10.4. The Morgan fingerprint density at radius 1 is 1.21 bits per heavy atom. The van der Waals surface area contributed by atoms with Gasteiger partial charge >= 0.3 is 5.69 Å². The molecule has 0 bridgehead atoms. The first-order valence-corrected chi connectivity index (χ1v) is 10.4. The zero-order valence-electron chi connectivity index (χ0n) is 18.0. The van der Waals surface area contributed by atoms with Crippen molar-refractivity contribution in [2.45, 2.75) is 25.8 Å². The quantitative estimate of drug-likeness (QED) is 0.505. The number of ether oxygens (including phenoxy) is 1. The van der Waals surface area contributed by atoms with E-state index in [4.69, 9.17) is 10.5 Å². The third-order valence-electron chi connectivity index (χ3n) is 5.81. The van der Waals surface area contributed by atoms with Crippen LogP contribution in [0, 0.1) is 12.7 Å². The van der Waals surface area contributed by atoms with Gasteiger partial charge in [0.2, 0.25) is 11.7 Å². The molecule has 1 aliphatic heterocycles. The van der Waals surface area contributed by atoms with E-state index in [1.54, 1.807) is 24.6 Å². The maximum atomic E-state index is 14.9. The number of nitrogens with zero attached hydrogens (tertiary/aromatic N) is 5. The summed E-state index contributed by atoms with van der Waals surface area (Å²) in [6.07, 6.45) is 1.45. The largest absolute Gasteiger partial charge is 0.436 e. The lowest BCUT2D eigenvalue weighted by Gasteiger charge is -2.12. The van der Waals surface area contributed by atoms with Crippen molar-refractivity contribution in [3.05, 3.63) is 87.7 Å². The molecular formula is C23H21FN6O3. The number of carbonyl (C=O) groups excluding carboxylic acids is 1. The average Bonchev–Trinajstić information content (AvgIpc) is 3.44. The molecule has 2 N–H and O–H groups in total. The summed E-state index contributed by atoms with van der Waals surface area (Å²) in [4.78, 5) is 28.7. The lowest BCUT2D eigenvalue weighted by Crippen LogP contribution is -2.26. The van der Waals surface area contributed by atoms with Gasteiger partial charge in [-0.05, 0) is 31.0 Å². The summed E-state index contributed by atoms with van der Waals surface area (Å²) in [5.41, 5.74) is 6.70. The number of imidazole rings is 1. The molecule has 0 aliphatic carbocycles. The number of fused-ring (bicyclic) bond motifs is 1. The number of hydrogen-bond donors (Lipinski definition) is 1. The summed E-state index contributed by atoms with van der Waals surface area (Å²) in [6, 6.07) is 13.8. The van der Waals surface area contributed by atoms with Gasteiger partial charge < -0.3 is 10.5 Å². The van der Waals surface area contributed by atoms with Crippen molar-refractivity contribution in [3.8, 4) is 17.3 Å². The normalized spacial score (nSPS) is 14.9. The van der Waals surface area contributed by atoms with Crippen molar-refractivity contribution in [2.24, 2.45) is 12.8 Å². The van der Waals surface area contributed by atoms with E-state index >= 15 is 0 Å². The smallest absolute Gasteiger partial charge is 0.351 e. The van der Waals surface area contributed by atoms with Crippen LogP contribution in [0.15, 0.2) is 53.3 Å². The van der Waals surface area contributed by atoms with Crippen molar-refractivity contribution in [1.29, 1.82) is 0 Å². The molecule has 5 rings (SSSR count). The lowest BCUT2D eigenvalue weighted by atomic mass is 10.1. The van der Waals surface area contributed by atoms with E-state index in [1.165, 1.54) is 21.4 Å². The number of amides is 1. The average molecular weight is 448 g/mol. The molecular weight excluding hydrogens is 427 g/mol. The molecule has 0 unspecified atom stereocenters. The van der Waals surface area contributed by atoms with Crippen LogP contribution in [0.5, 0.6) is 11.6 Å². The lowest BCUT2D eigenvalue weighted by molar-refractivity contribution is 0.0986. The number of benzene rings is 2. The standard InChI is InChI=1S/C23H21FN6O3/c1-13-22(28(2)21(26-13)20(25)31)33-18-10-8-15(12-16(18)24)30-23(32)29-17(9-11-19(29)27-30)14-6-4-3-5-7-14/h3-8,10,12,17H,9,11H2,1-2H3,(H2,25,31)/t17-/m0/s1. The van der Waals surface area contributed by atoms with Crippen molar-refractivity contribution in [2.75, 3.05) is 0 Å². The molecule has 168 valence electrons. The second-order valence-corrected chi connectivity index (χ2v) is 7.91. The van der Waals surface area contributed by atoms with E-state index in [2.05, 4.69) is 10.1 Å². The van der Waals surface area contributed by atoms with E-state index in [1.807, 2.05) is 30.3 Å². The van der Waals surface area contributed by atoms with E-state index in [0.29, 0.717) is 17.9 Å².